The van der Waals surface area contributed by atoms with Crippen LogP contribution in [-0.4, -0.2) is 37.0 Å². The van der Waals surface area contributed by atoms with Crippen molar-refractivity contribution in [3.63, 3.8) is 0 Å². The number of carbonyl (C=O) groups is 2. The van der Waals surface area contributed by atoms with Gasteiger partial charge in [0.2, 0.25) is 0 Å². The number of carbonyl (C=O) groups excluding carboxylic acids is 2. The van der Waals surface area contributed by atoms with E-state index < -0.39 is 6.09 Å². The third-order valence-corrected chi connectivity index (χ3v) is 3.62. The van der Waals surface area contributed by atoms with Crippen LogP contribution in [0.1, 0.15) is 42.5 Å². The average Bonchev–Trinajstić information content (AvgIpc) is 2.47. The van der Waals surface area contributed by atoms with Crippen LogP contribution in [0.4, 0.5) is 4.79 Å². The van der Waals surface area contributed by atoms with E-state index in [-0.39, 0.29) is 11.9 Å². The zero-order valence-electron chi connectivity index (χ0n) is 12.6. The standard InChI is InChI=1S/C16H22N2O3/c1-18(2)15(19)12-7-6-10-14(11-12)21-16(20)17-13-8-4-3-5-9-13/h6-7,10-11,13H,3-5,8-9H2,1-2H3,(H,17,20). The van der Waals surface area contributed by atoms with Crippen molar-refractivity contribution in [3.8, 4) is 5.75 Å². The molecule has 1 aliphatic rings. The van der Waals surface area contributed by atoms with Crippen LogP contribution in [0.3, 0.4) is 0 Å². The number of hydrogen-bond donors (Lipinski definition) is 1. The molecule has 1 N–H and O–H groups in total. The molecule has 0 unspecified atom stereocenters. The Morgan fingerprint density at radius 1 is 1.19 bits per heavy atom. The zero-order chi connectivity index (χ0) is 15.2. The molecule has 2 rings (SSSR count). The predicted molar refractivity (Wildman–Crippen MR) is 80.5 cm³/mol. The van der Waals surface area contributed by atoms with Crippen LogP contribution in [0.15, 0.2) is 24.3 Å². The minimum absolute atomic E-state index is 0.117. The van der Waals surface area contributed by atoms with Gasteiger partial charge in [-0.15, -0.1) is 0 Å². The van der Waals surface area contributed by atoms with Gasteiger partial charge < -0.3 is 15.0 Å². The Hall–Kier alpha value is -2.04. The molecule has 0 atom stereocenters. The van der Waals surface area contributed by atoms with Crippen LogP contribution >= 0.6 is 0 Å². The highest BCUT2D eigenvalue weighted by Crippen LogP contribution is 2.18. The first-order valence-corrected chi connectivity index (χ1v) is 7.36. The van der Waals surface area contributed by atoms with E-state index in [1.165, 1.54) is 11.3 Å². The lowest BCUT2D eigenvalue weighted by molar-refractivity contribution is 0.0827. The summed E-state index contributed by atoms with van der Waals surface area (Å²) < 4.78 is 5.27. The summed E-state index contributed by atoms with van der Waals surface area (Å²) in [6.07, 6.45) is 5.11. The topological polar surface area (TPSA) is 58.6 Å². The maximum atomic E-state index is 11.9. The fraction of sp³-hybridized carbons (Fsp3) is 0.500. The van der Waals surface area contributed by atoms with Gasteiger partial charge in [0.1, 0.15) is 5.75 Å². The molecule has 2 amide bonds. The first-order chi connectivity index (χ1) is 10.1. The Kier molecular flexibility index (Phi) is 5.20. The molecule has 0 bridgehead atoms. The first kappa shape index (κ1) is 15.4. The maximum absolute atomic E-state index is 11.9. The second-order valence-corrected chi connectivity index (χ2v) is 5.60. The minimum atomic E-state index is -0.448. The van der Waals surface area contributed by atoms with Gasteiger partial charge in [-0.1, -0.05) is 25.3 Å². The van der Waals surface area contributed by atoms with Crippen LogP contribution < -0.4 is 10.1 Å². The number of nitrogens with zero attached hydrogens (tertiary/aromatic N) is 1. The number of ether oxygens (including phenoxy) is 1. The summed E-state index contributed by atoms with van der Waals surface area (Å²) in [5, 5.41) is 2.88. The Morgan fingerprint density at radius 3 is 2.57 bits per heavy atom. The summed E-state index contributed by atoms with van der Waals surface area (Å²) in [6, 6.07) is 6.88. The van der Waals surface area contributed by atoms with E-state index in [1.807, 2.05) is 0 Å². The molecule has 0 heterocycles. The summed E-state index contributed by atoms with van der Waals surface area (Å²) >= 11 is 0. The molecule has 1 fully saturated rings. The first-order valence-electron chi connectivity index (χ1n) is 7.36. The molecule has 114 valence electrons. The second kappa shape index (κ2) is 7.11. The molecule has 1 saturated carbocycles. The highest BCUT2D eigenvalue weighted by Gasteiger charge is 2.17. The summed E-state index contributed by atoms with van der Waals surface area (Å²) in [6.45, 7) is 0. The molecule has 5 heteroatoms. The van der Waals surface area contributed by atoms with Gasteiger partial charge in [-0.25, -0.2) is 4.79 Å². The third kappa shape index (κ3) is 4.48. The van der Waals surface area contributed by atoms with Gasteiger partial charge in [0.25, 0.3) is 5.91 Å². The lowest BCUT2D eigenvalue weighted by Crippen LogP contribution is -2.38. The van der Waals surface area contributed by atoms with Crippen molar-refractivity contribution in [1.82, 2.24) is 10.2 Å². The van der Waals surface area contributed by atoms with Crippen molar-refractivity contribution in [3.05, 3.63) is 29.8 Å². The molecule has 0 spiro atoms. The third-order valence-electron chi connectivity index (χ3n) is 3.62. The van der Waals surface area contributed by atoms with Crippen molar-refractivity contribution in [1.29, 1.82) is 0 Å². The molecule has 21 heavy (non-hydrogen) atoms. The molecule has 5 nitrogen and oxygen atoms in total. The summed E-state index contributed by atoms with van der Waals surface area (Å²) in [5.41, 5.74) is 0.503. The largest absolute Gasteiger partial charge is 0.412 e. The normalized spacial score (nSPS) is 15.3. The molecule has 0 saturated heterocycles. The smallest absolute Gasteiger partial charge is 0.410 e. The van der Waals surface area contributed by atoms with E-state index in [1.54, 1.807) is 38.4 Å². The minimum Gasteiger partial charge on any atom is -0.410 e. The highest BCUT2D eigenvalue weighted by molar-refractivity contribution is 5.94. The van der Waals surface area contributed by atoms with E-state index in [0.29, 0.717) is 11.3 Å². The average molecular weight is 290 g/mol. The van der Waals surface area contributed by atoms with Gasteiger partial charge in [-0.05, 0) is 31.0 Å². The maximum Gasteiger partial charge on any atom is 0.412 e. The number of nitrogens with one attached hydrogen (secondary N) is 1. The second-order valence-electron chi connectivity index (χ2n) is 5.60. The van der Waals surface area contributed by atoms with E-state index in [2.05, 4.69) is 5.32 Å². The van der Waals surface area contributed by atoms with Gasteiger partial charge in [0.05, 0.1) is 0 Å². The van der Waals surface area contributed by atoms with Crippen molar-refractivity contribution in [2.45, 2.75) is 38.1 Å². The van der Waals surface area contributed by atoms with Crippen LogP contribution in [0, 0.1) is 0 Å². The number of rotatable bonds is 3. The molecule has 0 radical (unpaired) electrons. The van der Waals surface area contributed by atoms with Crippen LogP contribution in [0.25, 0.3) is 0 Å². The monoisotopic (exact) mass is 290 g/mol. The Balaban J connectivity index is 1.94. The summed E-state index contributed by atoms with van der Waals surface area (Å²) in [5.74, 6) is 0.268. The fourth-order valence-electron chi connectivity index (χ4n) is 2.50. The number of hydrogen-bond acceptors (Lipinski definition) is 3. The summed E-state index contributed by atoms with van der Waals surface area (Å²) in [7, 11) is 3.37. The van der Waals surface area contributed by atoms with Gasteiger partial charge >= 0.3 is 6.09 Å². The predicted octanol–water partition coefficient (Wildman–Crippen LogP) is 2.81. The van der Waals surface area contributed by atoms with E-state index in [9.17, 15) is 9.59 Å². The number of benzene rings is 1. The lowest BCUT2D eigenvalue weighted by atomic mass is 9.96. The zero-order valence-corrected chi connectivity index (χ0v) is 12.6. The van der Waals surface area contributed by atoms with Gasteiger partial charge in [-0.2, -0.15) is 0 Å². The molecule has 1 aromatic carbocycles. The van der Waals surface area contributed by atoms with Crippen molar-refractivity contribution in [2.24, 2.45) is 0 Å². The molecule has 1 aromatic rings. The number of amides is 2. The van der Waals surface area contributed by atoms with E-state index in [4.69, 9.17) is 4.74 Å². The van der Waals surface area contributed by atoms with Crippen LogP contribution in [0.2, 0.25) is 0 Å². The Bertz CT molecular complexity index is 508. The van der Waals surface area contributed by atoms with E-state index >= 15 is 0 Å². The molecule has 1 aliphatic carbocycles. The van der Waals surface area contributed by atoms with Gasteiger partial charge in [0, 0.05) is 25.7 Å². The lowest BCUT2D eigenvalue weighted by Gasteiger charge is -2.22. The fourth-order valence-corrected chi connectivity index (χ4v) is 2.50. The highest BCUT2D eigenvalue weighted by atomic mass is 16.6. The van der Waals surface area contributed by atoms with Crippen LogP contribution in [0.5, 0.6) is 5.75 Å². The van der Waals surface area contributed by atoms with Crippen molar-refractivity contribution >= 4 is 12.0 Å². The Morgan fingerprint density at radius 2 is 1.90 bits per heavy atom. The quantitative estimate of drug-likeness (QED) is 0.931. The Labute approximate surface area is 125 Å². The van der Waals surface area contributed by atoms with Crippen molar-refractivity contribution in [2.75, 3.05) is 14.1 Å². The SMILES string of the molecule is CN(C)C(=O)c1cccc(OC(=O)NC2CCCCC2)c1. The molecular weight excluding hydrogens is 268 g/mol. The molecular formula is C16H22N2O3. The van der Waals surface area contributed by atoms with Gasteiger partial charge in [0.15, 0.2) is 0 Å². The van der Waals surface area contributed by atoms with Crippen molar-refractivity contribution < 1.29 is 14.3 Å². The van der Waals surface area contributed by atoms with Gasteiger partial charge in [-0.3, -0.25) is 4.79 Å². The summed E-state index contributed by atoms with van der Waals surface area (Å²) in [4.78, 5) is 25.2. The van der Waals surface area contributed by atoms with Crippen LogP contribution in [-0.2, 0) is 0 Å². The molecule has 0 aliphatic heterocycles. The van der Waals surface area contributed by atoms with E-state index in [0.717, 1.165) is 25.7 Å². The molecule has 0 aromatic heterocycles.